The van der Waals surface area contributed by atoms with Crippen molar-refractivity contribution in [1.29, 1.82) is 0 Å². The molecule has 1 heterocycles. The minimum Gasteiger partial charge on any atom is -0.394 e. The number of hydrogen-bond acceptors (Lipinski definition) is 6. The molecule has 33 heavy (non-hydrogen) atoms. The number of Topliss-reactive ketones (excluding diaryl/α,β-unsaturated/α-hetero) is 1. The van der Waals surface area contributed by atoms with Crippen LogP contribution in [0.3, 0.4) is 0 Å². The Balaban J connectivity index is 0.000000245. The third-order valence-corrected chi connectivity index (χ3v) is 5.85. The van der Waals surface area contributed by atoms with Crippen molar-refractivity contribution in [3.05, 3.63) is 62.1 Å². The summed E-state index contributed by atoms with van der Waals surface area (Å²) >= 11 is 7.07. The molecule has 2 N–H and O–H groups in total. The quantitative estimate of drug-likeness (QED) is 0.311. The number of carbonyl (C=O) groups excluding carboxylic acids is 1. The lowest BCUT2D eigenvalue weighted by molar-refractivity contribution is -0.137. The lowest BCUT2D eigenvalue weighted by Crippen LogP contribution is -2.07. The molecule has 0 unspecified atom stereocenters. The molecule has 0 saturated carbocycles. The number of rotatable bonds is 7. The highest BCUT2D eigenvalue weighted by Gasteiger charge is 2.31. The van der Waals surface area contributed by atoms with Gasteiger partial charge in [0, 0.05) is 22.6 Å². The van der Waals surface area contributed by atoms with Crippen molar-refractivity contribution in [3.63, 3.8) is 0 Å². The van der Waals surface area contributed by atoms with Crippen LogP contribution in [0.2, 0.25) is 5.02 Å². The average Bonchev–Trinajstić information content (AvgIpc) is 3.13. The predicted molar refractivity (Wildman–Crippen MR) is 123 cm³/mol. The van der Waals surface area contributed by atoms with E-state index in [9.17, 15) is 18.0 Å². The Morgan fingerprint density at radius 2 is 1.88 bits per heavy atom. The summed E-state index contributed by atoms with van der Waals surface area (Å²) in [5.74, 6) is 0.0136. The number of aliphatic hydroxyl groups excluding tert-OH is 2. The molecule has 0 amide bonds. The Bertz CT molecular complexity index is 1120. The van der Waals surface area contributed by atoms with E-state index in [2.05, 4.69) is 4.98 Å². The summed E-state index contributed by atoms with van der Waals surface area (Å²) in [6, 6.07) is 5.53. The first-order chi connectivity index (χ1) is 15.5. The van der Waals surface area contributed by atoms with Crippen LogP contribution >= 0.6 is 22.9 Å². The van der Waals surface area contributed by atoms with Crippen LogP contribution in [0.15, 0.2) is 24.3 Å². The molecule has 0 radical (unpaired) electrons. The predicted octanol–water partition coefficient (Wildman–Crippen LogP) is 5.87. The minimum atomic E-state index is -4.39. The van der Waals surface area contributed by atoms with Gasteiger partial charge >= 0.3 is 6.18 Å². The second kappa shape index (κ2) is 11.9. The van der Waals surface area contributed by atoms with Crippen LogP contribution in [0, 0.1) is 13.8 Å². The van der Waals surface area contributed by atoms with E-state index in [1.807, 2.05) is 6.92 Å². The van der Waals surface area contributed by atoms with E-state index in [0.29, 0.717) is 43.4 Å². The van der Waals surface area contributed by atoms with E-state index < -0.39 is 11.7 Å². The number of carbonyl (C=O) groups is 1. The molecule has 0 bridgehead atoms. The van der Waals surface area contributed by atoms with Crippen LogP contribution in [0.25, 0.3) is 10.2 Å². The largest absolute Gasteiger partial charge is 0.416 e. The molecule has 0 aliphatic rings. The maximum absolute atomic E-state index is 12.8. The zero-order valence-corrected chi connectivity index (χ0v) is 20.0. The number of alkyl halides is 3. The van der Waals surface area contributed by atoms with Gasteiger partial charge in [-0.1, -0.05) is 18.5 Å². The molecule has 3 aromatic rings. The third-order valence-electron chi connectivity index (χ3n) is 4.72. The molecule has 1 aromatic heterocycles. The van der Waals surface area contributed by atoms with E-state index >= 15 is 0 Å². The van der Waals surface area contributed by atoms with Crippen molar-refractivity contribution in [2.24, 2.45) is 0 Å². The van der Waals surface area contributed by atoms with Gasteiger partial charge in [0.1, 0.15) is 0 Å². The van der Waals surface area contributed by atoms with Gasteiger partial charge in [0.05, 0.1) is 47.2 Å². The van der Waals surface area contributed by atoms with Gasteiger partial charge in [0.2, 0.25) is 0 Å². The van der Waals surface area contributed by atoms with E-state index in [-0.39, 0.29) is 32.2 Å². The van der Waals surface area contributed by atoms with E-state index in [4.69, 9.17) is 26.6 Å². The molecule has 180 valence electrons. The first kappa shape index (κ1) is 27.2. The summed E-state index contributed by atoms with van der Waals surface area (Å²) in [7, 11) is 0. The van der Waals surface area contributed by atoms with Gasteiger partial charge in [-0.05, 0) is 49.2 Å². The van der Waals surface area contributed by atoms with Crippen molar-refractivity contribution >= 4 is 38.9 Å². The van der Waals surface area contributed by atoms with E-state index in [0.717, 1.165) is 17.7 Å². The third kappa shape index (κ3) is 7.22. The Kier molecular flexibility index (Phi) is 9.81. The number of fused-ring (bicyclic) bond motifs is 1. The molecule has 0 aliphatic heterocycles. The van der Waals surface area contributed by atoms with Gasteiger partial charge < -0.3 is 14.9 Å². The first-order valence-corrected chi connectivity index (χ1v) is 11.3. The summed E-state index contributed by atoms with van der Waals surface area (Å²) in [6.45, 7) is 5.17. The number of ketones is 1. The fourth-order valence-corrected chi connectivity index (χ4v) is 4.34. The molecule has 10 heteroatoms. The molecule has 2 aromatic carbocycles. The Labute approximate surface area is 198 Å². The maximum atomic E-state index is 12.8. The number of aliphatic hydroxyl groups is 2. The van der Waals surface area contributed by atoms with E-state index in [1.165, 1.54) is 11.3 Å². The van der Waals surface area contributed by atoms with Gasteiger partial charge in [-0.25, -0.2) is 4.98 Å². The van der Waals surface area contributed by atoms with Crippen LogP contribution in [-0.4, -0.2) is 34.2 Å². The summed E-state index contributed by atoms with van der Waals surface area (Å²) in [4.78, 5) is 15.8. The van der Waals surface area contributed by atoms with Crippen LogP contribution in [-0.2, 0) is 24.1 Å². The normalized spacial score (nSPS) is 11.4. The first-order valence-electron chi connectivity index (χ1n) is 10.1. The molecular weight excluding hydrogens is 479 g/mol. The van der Waals surface area contributed by atoms with Crippen molar-refractivity contribution in [2.75, 3.05) is 13.2 Å². The highest BCUT2D eigenvalue weighted by Crippen LogP contribution is 2.35. The number of thiazole rings is 1. The van der Waals surface area contributed by atoms with Gasteiger partial charge in [-0.3, -0.25) is 4.79 Å². The maximum Gasteiger partial charge on any atom is 0.416 e. The van der Waals surface area contributed by atoms with Crippen molar-refractivity contribution in [2.45, 2.75) is 46.6 Å². The van der Waals surface area contributed by atoms with Crippen molar-refractivity contribution in [1.82, 2.24) is 4.98 Å². The summed E-state index contributed by atoms with van der Waals surface area (Å²) in [6.07, 6.45) is -3.97. The Hall–Kier alpha value is -2.04. The number of ether oxygens (including phenoxy) is 1. The second-order valence-electron chi connectivity index (χ2n) is 7.17. The van der Waals surface area contributed by atoms with Crippen LogP contribution in [0.1, 0.15) is 51.0 Å². The second-order valence-corrected chi connectivity index (χ2v) is 8.84. The van der Waals surface area contributed by atoms with Crippen LogP contribution in [0.4, 0.5) is 13.2 Å². The average molecular weight is 504 g/mol. The molecule has 0 spiro atoms. The van der Waals surface area contributed by atoms with Crippen molar-refractivity contribution < 1.29 is 32.9 Å². The van der Waals surface area contributed by atoms with Crippen molar-refractivity contribution in [3.8, 4) is 0 Å². The minimum absolute atomic E-state index is 0.00412. The molecule has 0 saturated heterocycles. The number of halogens is 4. The molecule has 3 rings (SSSR count). The lowest BCUT2D eigenvalue weighted by atomic mass is 9.98. The Morgan fingerprint density at radius 3 is 2.45 bits per heavy atom. The Morgan fingerprint density at radius 1 is 1.18 bits per heavy atom. The van der Waals surface area contributed by atoms with E-state index in [1.54, 1.807) is 26.0 Å². The fourth-order valence-electron chi connectivity index (χ4n) is 3.15. The SMILES string of the molecule is CCC(=O)c1cc(Cl)cc(C)c1CO.Cc1nc2c(COCCO)cc(C(F)(F)F)cc2s1. The van der Waals surface area contributed by atoms with Crippen LogP contribution in [0.5, 0.6) is 0 Å². The van der Waals surface area contributed by atoms with Gasteiger partial charge in [0.25, 0.3) is 0 Å². The topological polar surface area (TPSA) is 79.7 Å². The smallest absolute Gasteiger partial charge is 0.394 e. The summed E-state index contributed by atoms with van der Waals surface area (Å²) in [5, 5.41) is 19.0. The van der Waals surface area contributed by atoms with Crippen LogP contribution < -0.4 is 0 Å². The van der Waals surface area contributed by atoms with Gasteiger partial charge in [-0.2, -0.15) is 13.2 Å². The molecule has 0 fully saturated rings. The molecular formula is C23H25ClF3NO4S. The number of aromatic nitrogens is 1. The highest BCUT2D eigenvalue weighted by atomic mass is 35.5. The van der Waals surface area contributed by atoms with Gasteiger partial charge in [-0.15, -0.1) is 11.3 Å². The fraction of sp³-hybridized carbons (Fsp3) is 0.391. The monoisotopic (exact) mass is 503 g/mol. The zero-order valence-electron chi connectivity index (χ0n) is 18.4. The summed E-state index contributed by atoms with van der Waals surface area (Å²) in [5.41, 5.74) is 2.31. The zero-order chi connectivity index (χ0) is 24.8. The highest BCUT2D eigenvalue weighted by molar-refractivity contribution is 7.18. The number of hydrogen-bond donors (Lipinski definition) is 2. The summed E-state index contributed by atoms with van der Waals surface area (Å²) < 4.78 is 44.0. The standard InChI is InChI=1S/C12H12F3NO2S.C11H13ClO2/c1-7-16-11-8(6-18-3-2-17)4-9(12(13,14)15)5-10(11)19-7;1-3-11(14)9-5-8(12)4-7(2)10(9)6-13/h4-5,17H,2-3,6H2,1H3;4-5,13H,3,6H2,1-2H3. The molecule has 0 atom stereocenters. The van der Waals surface area contributed by atoms with Gasteiger partial charge in [0.15, 0.2) is 5.78 Å². The number of nitrogens with zero attached hydrogens (tertiary/aromatic N) is 1. The number of benzene rings is 2. The molecule has 5 nitrogen and oxygen atoms in total. The molecule has 0 aliphatic carbocycles. The lowest BCUT2D eigenvalue weighted by Gasteiger charge is -2.10. The number of aryl methyl sites for hydroxylation is 2.